The maximum Gasteiger partial charge on any atom is 0.295 e. The normalized spacial score (nSPS) is 10.3. The van der Waals surface area contributed by atoms with E-state index in [0.717, 1.165) is 0 Å². The molecule has 0 bridgehead atoms. The molecule has 0 radical (unpaired) electrons. The summed E-state index contributed by atoms with van der Waals surface area (Å²) in [5.41, 5.74) is 0.705. The molecule has 1 amide bonds. The van der Waals surface area contributed by atoms with Gasteiger partial charge in [0.2, 0.25) is 0 Å². The first kappa shape index (κ1) is 14.3. The second-order valence-corrected chi connectivity index (χ2v) is 4.49. The van der Waals surface area contributed by atoms with Crippen LogP contribution in [0.5, 0.6) is 0 Å². The number of nitro benzene ring substituents is 1. The van der Waals surface area contributed by atoms with E-state index in [1.165, 1.54) is 47.9 Å². The zero-order valence-electron chi connectivity index (χ0n) is 11.7. The molecule has 9 nitrogen and oxygen atoms in total. The molecular weight excluding hydrogens is 300 g/mol. The fourth-order valence-electron chi connectivity index (χ4n) is 1.98. The lowest BCUT2D eigenvalue weighted by molar-refractivity contribution is -0.384. The number of amides is 1. The van der Waals surface area contributed by atoms with E-state index in [2.05, 4.69) is 20.4 Å². The predicted molar refractivity (Wildman–Crippen MR) is 80.2 cm³/mol. The monoisotopic (exact) mass is 310 g/mol. The van der Waals surface area contributed by atoms with Crippen LogP contribution in [0.4, 0.5) is 11.4 Å². The Labute approximate surface area is 129 Å². The number of pyridine rings is 1. The van der Waals surface area contributed by atoms with E-state index in [4.69, 9.17) is 0 Å². The highest BCUT2D eigenvalue weighted by atomic mass is 16.6. The smallest absolute Gasteiger partial charge is 0.295 e. The molecule has 0 aliphatic rings. The minimum atomic E-state index is -0.569. The summed E-state index contributed by atoms with van der Waals surface area (Å²) in [6.45, 7) is 0. The topological polar surface area (TPSA) is 116 Å². The molecule has 9 heteroatoms. The Hall–Kier alpha value is -3.62. The van der Waals surface area contributed by atoms with Crippen LogP contribution in [0.15, 0.2) is 55.4 Å². The van der Waals surface area contributed by atoms with Crippen LogP contribution < -0.4 is 5.32 Å². The van der Waals surface area contributed by atoms with Gasteiger partial charge < -0.3 is 5.32 Å². The highest BCUT2D eigenvalue weighted by Crippen LogP contribution is 2.24. The van der Waals surface area contributed by atoms with Crippen LogP contribution in [0, 0.1) is 10.1 Å². The number of nitrogens with one attached hydrogen (secondary N) is 1. The molecule has 0 saturated heterocycles. The standard InChI is InChI=1S/C14H10N6O3/c21-14(18-11-3-5-15-6-4-11)10-1-2-12(13(7-10)20(22)23)19-9-16-8-17-19/h1-9H,(H,15,18,21). The number of nitro groups is 1. The lowest BCUT2D eigenvalue weighted by Gasteiger charge is -2.07. The molecule has 2 heterocycles. The molecule has 0 atom stereocenters. The largest absolute Gasteiger partial charge is 0.322 e. The molecule has 3 aromatic rings. The first-order chi connectivity index (χ1) is 11.1. The van der Waals surface area contributed by atoms with E-state index in [1.54, 1.807) is 12.1 Å². The first-order valence-corrected chi connectivity index (χ1v) is 6.50. The van der Waals surface area contributed by atoms with Gasteiger partial charge in [-0.05, 0) is 24.3 Å². The van der Waals surface area contributed by atoms with Gasteiger partial charge in [0.15, 0.2) is 0 Å². The number of carbonyl (C=O) groups is 1. The Morgan fingerprint density at radius 3 is 2.61 bits per heavy atom. The fourth-order valence-corrected chi connectivity index (χ4v) is 1.98. The molecule has 0 aliphatic heterocycles. The summed E-state index contributed by atoms with van der Waals surface area (Å²) >= 11 is 0. The van der Waals surface area contributed by atoms with Gasteiger partial charge in [-0.2, -0.15) is 5.10 Å². The molecule has 0 saturated carbocycles. The van der Waals surface area contributed by atoms with E-state index in [-0.39, 0.29) is 16.9 Å². The molecule has 1 N–H and O–H groups in total. The van der Waals surface area contributed by atoms with Crippen molar-refractivity contribution in [2.75, 3.05) is 5.32 Å². The maximum atomic E-state index is 12.2. The van der Waals surface area contributed by atoms with E-state index in [9.17, 15) is 14.9 Å². The molecule has 0 unspecified atom stereocenters. The number of anilines is 1. The summed E-state index contributed by atoms with van der Waals surface area (Å²) in [6.07, 6.45) is 5.69. The molecule has 23 heavy (non-hydrogen) atoms. The van der Waals surface area contributed by atoms with E-state index in [1.807, 2.05) is 0 Å². The van der Waals surface area contributed by atoms with Crippen molar-refractivity contribution in [2.24, 2.45) is 0 Å². The SMILES string of the molecule is O=C(Nc1ccncc1)c1ccc(-n2cncn2)c([N+](=O)[O-])c1. The molecule has 2 aromatic heterocycles. The molecule has 0 fully saturated rings. The maximum absolute atomic E-state index is 12.2. The van der Waals surface area contributed by atoms with E-state index < -0.39 is 10.8 Å². The van der Waals surface area contributed by atoms with Crippen LogP contribution in [0.1, 0.15) is 10.4 Å². The lowest BCUT2D eigenvalue weighted by atomic mass is 10.1. The second-order valence-electron chi connectivity index (χ2n) is 4.49. The third-order valence-corrected chi connectivity index (χ3v) is 3.04. The molecule has 0 aliphatic carbocycles. The minimum absolute atomic E-state index is 0.164. The van der Waals surface area contributed by atoms with E-state index in [0.29, 0.717) is 5.69 Å². The van der Waals surface area contributed by atoms with Crippen molar-refractivity contribution in [1.82, 2.24) is 19.7 Å². The molecule has 114 valence electrons. The summed E-state index contributed by atoms with van der Waals surface area (Å²) in [6, 6.07) is 7.38. The zero-order valence-corrected chi connectivity index (χ0v) is 11.7. The van der Waals surface area contributed by atoms with Crippen LogP contribution >= 0.6 is 0 Å². The predicted octanol–water partition coefficient (Wildman–Crippen LogP) is 1.82. The van der Waals surface area contributed by atoms with Crippen LogP contribution in [0.2, 0.25) is 0 Å². The minimum Gasteiger partial charge on any atom is -0.322 e. The Kier molecular flexibility index (Phi) is 3.75. The van der Waals surface area contributed by atoms with Gasteiger partial charge in [0.1, 0.15) is 18.3 Å². The van der Waals surface area contributed by atoms with Gasteiger partial charge in [-0.3, -0.25) is 19.9 Å². The van der Waals surface area contributed by atoms with E-state index >= 15 is 0 Å². The van der Waals surface area contributed by atoms with Crippen molar-refractivity contribution in [3.63, 3.8) is 0 Å². The highest BCUT2D eigenvalue weighted by Gasteiger charge is 2.19. The quantitative estimate of drug-likeness (QED) is 0.580. The van der Waals surface area contributed by atoms with Crippen molar-refractivity contribution in [1.29, 1.82) is 0 Å². The molecular formula is C14H10N6O3. The average Bonchev–Trinajstić information content (AvgIpc) is 3.09. The van der Waals surface area contributed by atoms with Crippen LogP contribution in [0.3, 0.4) is 0 Å². The molecule has 3 rings (SSSR count). The van der Waals surface area contributed by atoms with Crippen molar-refractivity contribution >= 4 is 17.3 Å². The van der Waals surface area contributed by atoms with Gasteiger partial charge in [-0.15, -0.1) is 0 Å². The van der Waals surface area contributed by atoms with Gasteiger partial charge in [0.05, 0.1) is 4.92 Å². The summed E-state index contributed by atoms with van der Waals surface area (Å²) in [5, 5.41) is 17.8. The van der Waals surface area contributed by atoms with Gasteiger partial charge >= 0.3 is 0 Å². The van der Waals surface area contributed by atoms with Crippen LogP contribution in [-0.2, 0) is 0 Å². The second kappa shape index (κ2) is 6.02. The number of carbonyl (C=O) groups excluding carboxylic acids is 1. The first-order valence-electron chi connectivity index (χ1n) is 6.50. The van der Waals surface area contributed by atoms with Crippen LogP contribution in [-0.4, -0.2) is 30.6 Å². The molecule has 0 spiro atoms. The number of aromatic nitrogens is 4. The van der Waals surface area contributed by atoms with Crippen molar-refractivity contribution in [2.45, 2.75) is 0 Å². The van der Waals surface area contributed by atoms with Crippen molar-refractivity contribution < 1.29 is 9.72 Å². The third-order valence-electron chi connectivity index (χ3n) is 3.04. The summed E-state index contributed by atoms with van der Waals surface area (Å²) in [4.78, 5) is 30.5. The number of benzene rings is 1. The zero-order chi connectivity index (χ0) is 16.2. The van der Waals surface area contributed by atoms with Gasteiger partial charge in [-0.1, -0.05) is 0 Å². The number of rotatable bonds is 4. The average molecular weight is 310 g/mol. The summed E-state index contributed by atoms with van der Waals surface area (Å²) in [7, 11) is 0. The van der Waals surface area contributed by atoms with Gasteiger partial charge in [0.25, 0.3) is 11.6 Å². The van der Waals surface area contributed by atoms with Crippen molar-refractivity contribution in [3.8, 4) is 5.69 Å². The number of hydrogen-bond acceptors (Lipinski definition) is 6. The Morgan fingerprint density at radius 2 is 1.96 bits per heavy atom. The third kappa shape index (κ3) is 3.02. The van der Waals surface area contributed by atoms with Crippen LogP contribution in [0.25, 0.3) is 5.69 Å². The summed E-state index contributed by atoms with van der Waals surface area (Å²) in [5.74, 6) is -0.454. The Morgan fingerprint density at radius 1 is 1.17 bits per heavy atom. The highest BCUT2D eigenvalue weighted by molar-refractivity contribution is 6.04. The summed E-state index contributed by atoms with van der Waals surface area (Å²) < 4.78 is 1.27. The lowest BCUT2D eigenvalue weighted by Crippen LogP contribution is -2.13. The Balaban J connectivity index is 1.93. The number of nitrogens with zero attached hydrogens (tertiary/aromatic N) is 5. The Bertz CT molecular complexity index is 848. The molecule has 1 aromatic carbocycles. The fraction of sp³-hybridized carbons (Fsp3) is 0. The van der Waals surface area contributed by atoms with Gasteiger partial charge in [0, 0.05) is 29.7 Å². The number of hydrogen-bond donors (Lipinski definition) is 1. The van der Waals surface area contributed by atoms with Crippen molar-refractivity contribution in [3.05, 3.63) is 71.1 Å². The van der Waals surface area contributed by atoms with Gasteiger partial charge in [-0.25, -0.2) is 9.67 Å².